The fourth-order valence-electron chi connectivity index (χ4n) is 2.28. The van der Waals surface area contributed by atoms with Crippen molar-refractivity contribution >= 4 is 0 Å². The van der Waals surface area contributed by atoms with Crippen LogP contribution in [0.25, 0.3) is 0 Å². The van der Waals surface area contributed by atoms with Crippen LogP contribution in [0, 0.1) is 5.92 Å². The SMILES string of the molecule is CN(CCCCC1CCOCC1)C(C)(C)CN. The lowest BCUT2D eigenvalue weighted by Gasteiger charge is -2.34. The zero-order valence-electron chi connectivity index (χ0n) is 11.9. The van der Waals surface area contributed by atoms with Crippen molar-refractivity contribution in [2.75, 3.05) is 33.4 Å². The quantitative estimate of drug-likeness (QED) is 0.696. The number of hydrogen-bond donors (Lipinski definition) is 1. The molecule has 0 saturated carbocycles. The molecular weight excluding hydrogens is 212 g/mol. The zero-order chi connectivity index (χ0) is 12.7. The van der Waals surface area contributed by atoms with Crippen LogP contribution in [-0.4, -0.2) is 43.8 Å². The molecule has 1 rings (SSSR count). The molecule has 0 radical (unpaired) electrons. The molecule has 0 unspecified atom stereocenters. The van der Waals surface area contributed by atoms with Crippen molar-refractivity contribution in [2.45, 2.75) is 51.5 Å². The Bertz CT molecular complexity index is 200. The van der Waals surface area contributed by atoms with Crippen molar-refractivity contribution in [3.05, 3.63) is 0 Å². The fraction of sp³-hybridized carbons (Fsp3) is 1.00. The average molecular weight is 242 g/mol. The molecule has 0 aromatic heterocycles. The van der Waals surface area contributed by atoms with E-state index in [0.29, 0.717) is 0 Å². The van der Waals surface area contributed by atoms with E-state index in [-0.39, 0.29) is 5.54 Å². The minimum Gasteiger partial charge on any atom is -0.381 e. The summed E-state index contributed by atoms with van der Waals surface area (Å²) < 4.78 is 5.38. The van der Waals surface area contributed by atoms with E-state index >= 15 is 0 Å². The zero-order valence-corrected chi connectivity index (χ0v) is 11.9. The van der Waals surface area contributed by atoms with Crippen LogP contribution in [0.4, 0.5) is 0 Å². The Labute approximate surface area is 107 Å². The second kappa shape index (κ2) is 7.34. The van der Waals surface area contributed by atoms with Gasteiger partial charge < -0.3 is 10.5 Å². The molecule has 0 amide bonds. The number of nitrogens with zero attached hydrogens (tertiary/aromatic N) is 1. The number of unbranched alkanes of at least 4 members (excludes halogenated alkanes) is 1. The van der Waals surface area contributed by atoms with Crippen LogP contribution in [0.3, 0.4) is 0 Å². The van der Waals surface area contributed by atoms with E-state index in [2.05, 4.69) is 25.8 Å². The first-order valence-electron chi connectivity index (χ1n) is 7.05. The number of likely N-dealkylation sites (N-methyl/N-ethyl adjacent to an activating group) is 1. The standard InChI is InChI=1S/C14H30N2O/c1-14(2,12-15)16(3)9-5-4-6-13-7-10-17-11-8-13/h13H,4-12,15H2,1-3H3. The molecule has 0 aromatic carbocycles. The highest BCUT2D eigenvalue weighted by molar-refractivity contribution is 4.79. The summed E-state index contributed by atoms with van der Waals surface area (Å²) in [5.41, 5.74) is 5.91. The molecule has 1 heterocycles. The second-order valence-electron chi connectivity index (χ2n) is 5.99. The number of nitrogens with two attached hydrogens (primary N) is 1. The monoisotopic (exact) mass is 242 g/mol. The van der Waals surface area contributed by atoms with Crippen molar-refractivity contribution in [3.63, 3.8) is 0 Å². The lowest BCUT2D eigenvalue weighted by molar-refractivity contribution is 0.0625. The summed E-state index contributed by atoms with van der Waals surface area (Å²) in [6.45, 7) is 8.27. The highest BCUT2D eigenvalue weighted by Crippen LogP contribution is 2.21. The molecule has 0 aromatic rings. The summed E-state index contributed by atoms with van der Waals surface area (Å²) in [5, 5.41) is 0. The molecule has 2 N–H and O–H groups in total. The van der Waals surface area contributed by atoms with Crippen LogP contribution in [-0.2, 0) is 4.74 Å². The molecule has 0 aliphatic carbocycles. The molecule has 0 spiro atoms. The van der Waals surface area contributed by atoms with E-state index in [1.807, 2.05) is 0 Å². The Balaban J connectivity index is 2.07. The molecule has 17 heavy (non-hydrogen) atoms. The maximum atomic E-state index is 5.77. The molecule has 1 saturated heterocycles. The van der Waals surface area contributed by atoms with Crippen LogP contribution < -0.4 is 5.73 Å². The lowest BCUT2D eigenvalue weighted by atomic mass is 9.94. The summed E-state index contributed by atoms with van der Waals surface area (Å²) >= 11 is 0. The molecule has 0 bridgehead atoms. The minimum atomic E-state index is 0.138. The minimum absolute atomic E-state index is 0.138. The Morgan fingerprint density at radius 3 is 2.47 bits per heavy atom. The van der Waals surface area contributed by atoms with E-state index in [9.17, 15) is 0 Å². The second-order valence-corrected chi connectivity index (χ2v) is 5.99. The van der Waals surface area contributed by atoms with Gasteiger partial charge in [0.25, 0.3) is 0 Å². The van der Waals surface area contributed by atoms with Gasteiger partial charge in [-0.1, -0.05) is 12.8 Å². The van der Waals surface area contributed by atoms with Crippen LogP contribution in [0.1, 0.15) is 46.0 Å². The van der Waals surface area contributed by atoms with Crippen molar-refractivity contribution in [3.8, 4) is 0 Å². The smallest absolute Gasteiger partial charge is 0.0468 e. The van der Waals surface area contributed by atoms with Gasteiger partial charge in [0, 0.05) is 25.3 Å². The molecule has 0 atom stereocenters. The third-order valence-corrected chi connectivity index (χ3v) is 4.23. The van der Waals surface area contributed by atoms with E-state index in [0.717, 1.165) is 32.2 Å². The highest BCUT2D eigenvalue weighted by Gasteiger charge is 2.21. The maximum Gasteiger partial charge on any atom is 0.0468 e. The molecule has 1 fully saturated rings. The number of rotatable bonds is 7. The van der Waals surface area contributed by atoms with Gasteiger partial charge in [0.1, 0.15) is 0 Å². The van der Waals surface area contributed by atoms with Crippen LogP contribution in [0.15, 0.2) is 0 Å². The van der Waals surface area contributed by atoms with Crippen LogP contribution in [0.5, 0.6) is 0 Å². The van der Waals surface area contributed by atoms with Gasteiger partial charge in [-0.05, 0) is 52.6 Å². The van der Waals surface area contributed by atoms with E-state index in [1.165, 1.54) is 32.1 Å². The third-order valence-electron chi connectivity index (χ3n) is 4.23. The average Bonchev–Trinajstić information content (AvgIpc) is 2.35. The van der Waals surface area contributed by atoms with Gasteiger partial charge in [0.2, 0.25) is 0 Å². The van der Waals surface area contributed by atoms with Gasteiger partial charge in [-0.2, -0.15) is 0 Å². The predicted molar refractivity (Wildman–Crippen MR) is 73.2 cm³/mol. The summed E-state index contributed by atoms with van der Waals surface area (Å²) in [6.07, 6.45) is 6.54. The van der Waals surface area contributed by atoms with Gasteiger partial charge in [0.15, 0.2) is 0 Å². The van der Waals surface area contributed by atoms with Gasteiger partial charge in [-0.15, -0.1) is 0 Å². The largest absolute Gasteiger partial charge is 0.381 e. The Kier molecular flexibility index (Phi) is 6.45. The molecule has 3 heteroatoms. The normalized spacial score (nSPS) is 18.9. The molecule has 1 aliphatic heterocycles. The van der Waals surface area contributed by atoms with Crippen molar-refractivity contribution in [2.24, 2.45) is 11.7 Å². The summed E-state index contributed by atoms with van der Waals surface area (Å²) in [7, 11) is 2.18. The maximum absolute atomic E-state index is 5.77. The van der Waals surface area contributed by atoms with E-state index < -0.39 is 0 Å². The Morgan fingerprint density at radius 2 is 1.88 bits per heavy atom. The van der Waals surface area contributed by atoms with Crippen molar-refractivity contribution in [1.82, 2.24) is 4.90 Å². The molecular formula is C14H30N2O. The predicted octanol–water partition coefficient (Wildman–Crippen LogP) is 2.25. The third kappa shape index (κ3) is 5.36. The first-order chi connectivity index (χ1) is 8.06. The summed E-state index contributed by atoms with van der Waals surface area (Å²) in [6, 6.07) is 0. The topological polar surface area (TPSA) is 38.5 Å². The molecule has 3 nitrogen and oxygen atoms in total. The number of ether oxygens (including phenoxy) is 1. The van der Waals surface area contributed by atoms with Gasteiger partial charge >= 0.3 is 0 Å². The van der Waals surface area contributed by atoms with E-state index in [4.69, 9.17) is 10.5 Å². The Hall–Kier alpha value is -0.120. The molecule has 102 valence electrons. The van der Waals surface area contributed by atoms with Crippen molar-refractivity contribution in [1.29, 1.82) is 0 Å². The van der Waals surface area contributed by atoms with Gasteiger partial charge in [-0.3, -0.25) is 4.90 Å². The van der Waals surface area contributed by atoms with Gasteiger partial charge in [0.05, 0.1) is 0 Å². The number of hydrogen-bond acceptors (Lipinski definition) is 3. The lowest BCUT2D eigenvalue weighted by Crippen LogP contribution is -2.47. The fourth-order valence-corrected chi connectivity index (χ4v) is 2.28. The van der Waals surface area contributed by atoms with Crippen LogP contribution in [0.2, 0.25) is 0 Å². The molecule has 1 aliphatic rings. The summed E-state index contributed by atoms with van der Waals surface area (Å²) in [5.74, 6) is 0.913. The van der Waals surface area contributed by atoms with Gasteiger partial charge in [-0.25, -0.2) is 0 Å². The Morgan fingerprint density at radius 1 is 1.24 bits per heavy atom. The van der Waals surface area contributed by atoms with E-state index in [1.54, 1.807) is 0 Å². The van der Waals surface area contributed by atoms with Crippen LogP contribution >= 0.6 is 0 Å². The summed E-state index contributed by atoms with van der Waals surface area (Å²) in [4.78, 5) is 2.39. The highest BCUT2D eigenvalue weighted by atomic mass is 16.5. The first-order valence-corrected chi connectivity index (χ1v) is 7.05. The first kappa shape index (κ1) is 14.9. The van der Waals surface area contributed by atoms with Crippen molar-refractivity contribution < 1.29 is 4.74 Å².